The van der Waals surface area contributed by atoms with Gasteiger partial charge >= 0.3 is 0 Å². The molecule has 0 atom stereocenters. The molecule has 2 aromatic rings. The molecule has 1 aliphatic rings. The highest BCUT2D eigenvalue weighted by atomic mass is 16.5. The third-order valence-electron chi connectivity index (χ3n) is 4.12. The predicted molar refractivity (Wildman–Crippen MR) is 90.3 cm³/mol. The van der Waals surface area contributed by atoms with Crippen LogP contribution < -0.4 is 19.4 Å². The number of aromatic nitrogens is 1. The smallest absolute Gasteiger partial charge is 0.260 e. The van der Waals surface area contributed by atoms with E-state index in [0.29, 0.717) is 24.6 Å². The van der Waals surface area contributed by atoms with Crippen molar-refractivity contribution in [2.75, 3.05) is 44.8 Å². The summed E-state index contributed by atoms with van der Waals surface area (Å²) in [4.78, 5) is 19.5. The summed E-state index contributed by atoms with van der Waals surface area (Å²) in [6, 6.07) is 11.4. The van der Waals surface area contributed by atoms with Crippen molar-refractivity contribution in [1.82, 2.24) is 4.90 Å². The number of methoxy groups -OCH3 is 1. The number of hydrogen-bond acceptors (Lipinski definition) is 4. The molecular formula is C18H22N3O3+. The van der Waals surface area contributed by atoms with Gasteiger partial charge in [-0.1, -0.05) is 12.1 Å². The monoisotopic (exact) mass is 328 g/mol. The highest BCUT2D eigenvalue weighted by Gasteiger charge is 2.22. The van der Waals surface area contributed by atoms with Gasteiger partial charge in [-0.2, -0.15) is 0 Å². The first-order chi connectivity index (χ1) is 11.8. The van der Waals surface area contributed by atoms with Crippen LogP contribution in [-0.2, 0) is 4.79 Å². The van der Waals surface area contributed by atoms with E-state index in [1.807, 2.05) is 47.6 Å². The van der Waals surface area contributed by atoms with E-state index in [9.17, 15) is 4.79 Å². The molecule has 0 spiro atoms. The molecule has 1 N–H and O–H groups in total. The number of para-hydroxylation sites is 2. The molecule has 1 saturated heterocycles. The van der Waals surface area contributed by atoms with Crippen LogP contribution in [0, 0.1) is 0 Å². The Hall–Kier alpha value is -2.76. The molecule has 2 heterocycles. The number of carbonyl (C=O) groups excluding carboxylic acids is 1. The van der Waals surface area contributed by atoms with Gasteiger partial charge in [0.2, 0.25) is 0 Å². The number of ether oxygens (including phenoxy) is 2. The third kappa shape index (κ3) is 3.76. The SMILES string of the molecule is COc1ccccc1OCC(=O)N1CCN(c2cc[nH+]cc2)CC1. The summed E-state index contributed by atoms with van der Waals surface area (Å²) in [5.74, 6) is 1.23. The fourth-order valence-corrected chi connectivity index (χ4v) is 2.77. The van der Waals surface area contributed by atoms with Crippen LogP contribution >= 0.6 is 0 Å². The van der Waals surface area contributed by atoms with Gasteiger partial charge in [-0.15, -0.1) is 0 Å². The van der Waals surface area contributed by atoms with Crippen molar-refractivity contribution in [3.8, 4) is 11.5 Å². The molecular weight excluding hydrogens is 306 g/mol. The van der Waals surface area contributed by atoms with Gasteiger partial charge in [0, 0.05) is 44.0 Å². The molecule has 0 bridgehead atoms. The van der Waals surface area contributed by atoms with E-state index in [1.54, 1.807) is 13.2 Å². The van der Waals surface area contributed by atoms with Crippen molar-refractivity contribution < 1.29 is 19.3 Å². The maximum absolute atomic E-state index is 12.4. The molecule has 6 nitrogen and oxygen atoms in total. The van der Waals surface area contributed by atoms with Crippen LogP contribution in [-0.4, -0.2) is 50.7 Å². The van der Waals surface area contributed by atoms with E-state index in [0.717, 1.165) is 13.1 Å². The summed E-state index contributed by atoms with van der Waals surface area (Å²) in [5.41, 5.74) is 1.17. The van der Waals surface area contributed by atoms with Gasteiger partial charge in [0.25, 0.3) is 5.91 Å². The topological polar surface area (TPSA) is 56.2 Å². The van der Waals surface area contributed by atoms with Crippen molar-refractivity contribution in [2.45, 2.75) is 0 Å². The zero-order chi connectivity index (χ0) is 16.8. The van der Waals surface area contributed by atoms with Gasteiger partial charge in [-0.3, -0.25) is 4.79 Å². The minimum absolute atomic E-state index is 0.00181. The van der Waals surface area contributed by atoms with Gasteiger partial charge in [-0.05, 0) is 12.1 Å². The number of rotatable bonds is 5. The predicted octanol–water partition coefficient (Wildman–Crippen LogP) is 1.24. The number of carbonyl (C=O) groups is 1. The Kier molecular flexibility index (Phi) is 5.15. The minimum Gasteiger partial charge on any atom is -0.493 e. The number of nitrogens with zero attached hydrogens (tertiary/aromatic N) is 2. The number of benzene rings is 1. The van der Waals surface area contributed by atoms with E-state index in [4.69, 9.17) is 9.47 Å². The molecule has 0 aliphatic carbocycles. The van der Waals surface area contributed by atoms with Gasteiger partial charge in [-0.25, -0.2) is 4.98 Å². The van der Waals surface area contributed by atoms with E-state index in [-0.39, 0.29) is 12.5 Å². The number of nitrogens with one attached hydrogen (secondary N) is 1. The fraction of sp³-hybridized carbons (Fsp3) is 0.333. The van der Waals surface area contributed by atoms with Crippen LogP contribution in [0.2, 0.25) is 0 Å². The quantitative estimate of drug-likeness (QED) is 0.829. The van der Waals surface area contributed by atoms with E-state index >= 15 is 0 Å². The van der Waals surface area contributed by atoms with Crippen molar-refractivity contribution in [3.05, 3.63) is 48.8 Å². The Bertz CT molecular complexity index is 670. The first-order valence-electron chi connectivity index (χ1n) is 8.02. The van der Waals surface area contributed by atoms with Crippen LogP contribution in [0.4, 0.5) is 5.69 Å². The second-order valence-electron chi connectivity index (χ2n) is 5.57. The molecule has 6 heteroatoms. The highest BCUT2D eigenvalue weighted by Crippen LogP contribution is 2.25. The second kappa shape index (κ2) is 7.68. The molecule has 1 aromatic carbocycles. The first-order valence-corrected chi connectivity index (χ1v) is 8.02. The molecule has 1 aromatic heterocycles. The summed E-state index contributed by atoms with van der Waals surface area (Å²) in [7, 11) is 1.59. The van der Waals surface area contributed by atoms with Crippen LogP contribution in [0.3, 0.4) is 0 Å². The minimum atomic E-state index is 0.00181. The number of hydrogen-bond donors (Lipinski definition) is 0. The Morgan fingerprint density at radius 2 is 1.71 bits per heavy atom. The Labute approximate surface area is 141 Å². The van der Waals surface area contributed by atoms with Gasteiger partial charge < -0.3 is 19.3 Å². The maximum atomic E-state index is 12.4. The first kappa shape index (κ1) is 16.1. The van der Waals surface area contributed by atoms with Gasteiger partial charge in [0.15, 0.2) is 30.5 Å². The lowest BCUT2D eigenvalue weighted by atomic mass is 10.2. The average molecular weight is 328 g/mol. The number of pyridine rings is 1. The van der Waals surface area contributed by atoms with E-state index in [2.05, 4.69) is 9.88 Å². The summed E-state index contributed by atoms with van der Waals surface area (Å²) in [5, 5.41) is 0. The van der Waals surface area contributed by atoms with Crippen molar-refractivity contribution in [3.63, 3.8) is 0 Å². The van der Waals surface area contributed by atoms with Crippen LogP contribution in [0.5, 0.6) is 11.5 Å². The van der Waals surface area contributed by atoms with Crippen LogP contribution in [0.25, 0.3) is 0 Å². The zero-order valence-corrected chi connectivity index (χ0v) is 13.8. The molecule has 1 fully saturated rings. The largest absolute Gasteiger partial charge is 0.493 e. The fourth-order valence-electron chi connectivity index (χ4n) is 2.77. The van der Waals surface area contributed by atoms with Crippen LogP contribution in [0.1, 0.15) is 0 Å². The average Bonchev–Trinajstić information content (AvgIpc) is 2.67. The van der Waals surface area contributed by atoms with Crippen LogP contribution in [0.15, 0.2) is 48.8 Å². The Morgan fingerprint density at radius 1 is 1.04 bits per heavy atom. The van der Waals surface area contributed by atoms with E-state index in [1.165, 1.54) is 5.69 Å². The molecule has 0 unspecified atom stereocenters. The summed E-state index contributed by atoms with van der Waals surface area (Å²) in [6.45, 7) is 3.08. The molecule has 24 heavy (non-hydrogen) atoms. The van der Waals surface area contributed by atoms with Crippen molar-refractivity contribution >= 4 is 11.6 Å². The maximum Gasteiger partial charge on any atom is 0.260 e. The number of amides is 1. The number of aromatic amines is 1. The highest BCUT2D eigenvalue weighted by molar-refractivity contribution is 5.78. The molecule has 0 saturated carbocycles. The Balaban J connectivity index is 1.50. The summed E-state index contributed by atoms with van der Waals surface area (Å²) < 4.78 is 10.8. The number of anilines is 1. The van der Waals surface area contributed by atoms with Crippen molar-refractivity contribution in [2.24, 2.45) is 0 Å². The molecule has 1 aliphatic heterocycles. The Morgan fingerprint density at radius 3 is 2.38 bits per heavy atom. The molecule has 3 rings (SSSR count). The lowest BCUT2D eigenvalue weighted by Crippen LogP contribution is -2.50. The summed E-state index contributed by atoms with van der Waals surface area (Å²) >= 11 is 0. The van der Waals surface area contributed by atoms with E-state index < -0.39 is 0 Å². The lowest BCUT2D eigenvalue weighted by Gasteiger charge is -2.35. The molecule has 126 valence electrons. The normalized spacial score (nSPS) is 14.4. The summed E-state index contributed by atoms with van der Waals surface area (Å²) in [6.07, 6.45) is 3.82. The standard InChI is InChI=1S/C18H21N3O3/c1-23-16-4-2-3-5-17(16)24-14-18(22)21-12-10-20(11-13-21)15-6-8-19-9-7-15/h2-9H,10-14H2,1H3/p+1. The van der Waals surface area contributed by atoms with Crippen molar-refractivity contribution in [1.29, 1.82) is 0 Å². The molecule has 0 radical (unpaired) electrons. The third-order valence-corrected chi connectivity index (χ3v) is 4.12. The zero-order valence-electron chi connectivity index (χ0n) is 13.8. The molecule has 1 amide bonds. The number of piperazine rings is 1. The van der Waals surface area contributed by atoms with Gasteiger partial charge in [0.05, 0.1) is 7.11 Å². The number of H-pyrrole nitrogens is 1. The lowest BCUT2D eigenvalue weighted by molar-refractivity contribution is -0.377. The second-order valence-corrected chi connectivity index (χ2v) is 5.57. The van der Waals surface area contributed by atoms with Gasteiger partial charge in [0.1, 0.15) is 0 Å².